The van der Waals surface area contributed by atoms with Crippen molar-refractivity contribution in [3.05, 3.63) is 0 Å². The lowest BCUT2D eigenvalue weighted by molar-refractivity contribution is -0.136. The van der Waals surface area contributed by atoms with E-state index in [-0.39, 0.29) is 6.04 Å². The van der Waals surface area contributed by atoms with E-state index in [0.29, 0.717) is 11.9 Å². The predicted octanol–water partition coefficient (Wildman–Crippen LogP) is 0.927. The van der Waals surface area contributed by atoms with Crippen LogP contribution < -0.4 is 5.32 Å². The van der Waals surface area contributed by atoms with Gasteiger partial charge >= 0.3 is 0 Å². The van der Waals surface area contributed by atoms with Gasteiger partial charge in [0.25, 0.3) is 0 Å². The summed E-state index contributed by atoms with van der Waals surface area (Å²) in [6, 6.07) is 0.425. The second kappa shape index (κ2) is 6.97. The molecule has 0 bridgehead atoms. The summed E-state index contributed by atoms with van der Waals surface area (Å²) in [5, 5.41) is 3.36. The summed E-state index contributed by atoms with van der Waals surface area (Å²) in [6.45, 7) is 7.07. The first-order valence-corrected chi connectivity index (χ1v) is 6.70. The maximum Gasteiger partial charge on any atom is 0.239 e. The normalized spacial score (nSPS) is 21.6. The molecule has 1 aliphatic rings. The summed E-state index contributed by atoms with van der Waals surface area (Å²) in [7, 11) is 4.14. The Balaban J connectivity index is 2.36. The van der Waals surface area contributed by atoms with Crippen molar-refractivity contribution < 1.29 is 4.79 Å². The third kappa shape index (κ3) is 5.04. The van der Waals surface area contributed by atoms with Crippen molar-refractivity contribution in [3.63, 3.8) is 0 Å². The van der Waals surface area contributed by atoms with E-state index in [1.165, 1.54) is 0 Å². The summed E-state index contributed by atoms with van der Waals surface area (Å²) in [5.41, 5.74) is 0. The third-order valence-corrected chi connectivity index (χ3v) is 3.10. The number of carbonyl (C=O) groups excluding carboxylic acids is 1. The van der Waals surface area contributed by atoms with E-state index < -0.39 is 0 Å². The molecule has 0 aromatic rings. The SMILES string of the molecule is CC(C)NC1CCCN(CCCN(C)C)C1=O. The fraction of sp³-hybridized carbons (Fsp3) is 0.923. The first kappa shape index (κ1) is 14.5. The molecule has 1 saturated heterocycles. The lowest BCUT2D eigenvalue weighted by atomic mass is 10.0. The molecule has 0 aliphatic carbocycles. The van der Waals surface area contributed by atoms with Crippen LogP contribution in [0.15, 0.2) is 0 Å². The van der Waals surface area contributed by atoms with Crippen LogP contribution in [-0.2, 0) is 4.79 Å². The zero-order valence-corrected chi connectivity index (χ0v) is 11.7. The van der Waals surface area contributed by atoms with Crippen LogP contribution in [0, 0.1) is 0 Å². The Morgan fingerprint density at radius 3 is 2.76 bits per heavy atom. The Morgan fingerprint density at radius 2 is 2.18 bits per heavy atom. The van der Waals surface area contributed by atoms with Gasteiger partial charge < -0.3 is 15.1 Å². The van der Waals surface area contributed by atoms with Crippen LogP contribution in [0.3, 0.4) is 0 Å². The molecule has 0 radical (unpaired) electrons. The smallest absolute Gasteiger partial charge is 0.239 e. The van der Waals surface area contributed by atoms with Gasteiger partial charge in [-0.1, -0.05) is 13.8 Å². The summed E-state index contributed by atoms with van der Waals surface area (Å²) in [5.74, 6) is 0.295. The van der Waals surface area contributed by atoms with Crippen molar-refractivity contribution >= 4 is 5.91 Å². The van der Waals surface area contributed by atoms with Crippen LogP contribution >= 0.6 is 0 Å². The van der Waals surface area contributed by atoms with Crippen molar-refractivity contribution in [2.75, 3.05) is 33.7 Å². The minimum atomic E-state index is 0.0445. The van der Waals surface area contributed by atoms with Gasteiger partial charge in [-0.2, -0.15) is 0 Å². The quantitative estimate of drug-likeness (QED) is 0.751. The highest BCUT2D eigenvalue weighted by molar-refractivity contribution is 5.82. The number of piperidine rings is 1. The molecule has 1 atom stereocenters. The largest absolute Gasteiger partial charge is 0.341 e. The molecule has 4 heteroatoms. The van der Waals surface area contributed by atoms with E-state index in [0.717, 1.165) is 38.9 Å². The van der Waals surface area contributed by atoms with E-state index in [1.807, 2.05) is 4.90 Å². The Bertz CT molecular complexity index is 241. The highest BCUT2D eigenvalue weighted by Crippen LogP contribution is 2.12. The molecule has 0 aromatic carbocycles. The average molecular weight is 241 g/mol. The van der Waals surface area contributed by atoms with Gasteiger partial charge in [-0.25, -0.2) is 0 Å². The van der Waals surface area contributed by atoms with E-state index in [1.54, 1.807) is 0 Å². The van der Waals surface area contributed by atoms with Crippen molar-refractivity contribution in [2.24, 2.45) is 0 Å². The Kier molecular flexibility index (Phi) is 5.92. The van der Waals surface area contributed by atoms with E-state index in [4.69, 9.17) is 0 Å². The molecular formula is C13H27N3O. The molecule has 100 valence electrons. The molecular weight excluding hydrogens is 214 g/mol. The number of nitrogens with one attached hydrogen (secondary N) is 1. The van der Waals surface area contributed by atoms with Gasteiger partial charge in [0.15, 0.2) is 0 Å². The van der Waals surface area contributed by atoms with Crippen molar-refractivity contribution in [1.82, 2.24) is 15.1 Å². The number of amides is 1. The van der Waals surface area contributed by atoms with Crippen LogP contribution in [0.5, 0.6) is 0 Å². The number of hydrogen-bond acceptors (Lipinski definition) is 3. The first-order chi connectivity index (χ1) is 8.00. The van der Waals surface area contributed by atoms with Gasteiger partial charge in [0.05, 0.1) is 6.04 Å². The van der Waals surface area contributed by atoms with Crippen LogP contribution in [-0.4, -0.2) is 61.5 Å². The van der Waals surface area contributed by atoms with Crippen molar-refractivity contribution in [1.29, 1.82) is 0 Å². The standard InChI is InChI=1S/C13H27N3O/c1-11(2)14-12-7-5-9-16(13(12)17)10-6-8-15(3)4/h11-12,14H,5-10H2,1-4H3. The molecule has 1 rings (SSSR count). The van der Waals surface area contributed by atoms with Gasteiger partial charge in [-0.15, -0.1) is 0 Å². The monoisotopic (exact) mass is 241 g/mol. The number of hydrogen-bond donors (Lipinski definition) is 1. The fourth-order valence-corrected chi connectivity index (χ4v) is 2.30. The molecule has 0 aromatic heterocycles. The van der Waals surface area contributed by atoms with Gasteiger partial charge in [0.1, 0.15) is 0 Å². The van der Waals surface area contributed by atoms with E-state index in [2.05, 4.69) is 38.2 Å². The second-order valence-electron chi connectivity index (χ2n) is 5.50. The third-order valence-electron chi connectivity index (χ3n) is 3.10. The summed E-state index contributed by atoms with van der Waals surface area (Å²) in [4.78, 5) is 16.4. The van der Waals surface area contributed by atoms with Crippen LogP contribution in [0.4, 0.5) is 0 Å². The fourth-order valence-electron chi connectivity index (χ4n) is 2.30. The maximum atomic E-state index is 12.2. The molecule has 1 fully saturated rings. The number of carbonyl (C=O) groups is 1. The second-order valence-corrected chi connectivity index (χ2v) is 5.50. The highest BCUT2D eigenvalue weighted by Gasteiger charge is 2.28. The van der Waals surface area contributed by atoms with Gasteiger partial charge in [-0.3, -0.25) is 4.79 Å². The minimum absolute atomic E-state index is 0.0445. The number of rotatable bonds is 6. The molecule has 4 nitrogen and oxygen atoms in total. The summed E-state index contributed by atoms with van der Waals surface area (Å²) >= 11 is 0. The molecule has 1 aliphatic heterocycles. The molecule has 17 heavy (non-hydrogen) atoms. The van der Waals surface area contributed by atoms with Crippen molar-refractivity contribution in [3.8, 4) is 0 Å². The van der Waals surface area contributed by atoms with Gasteiger partial charge in [0, 0.05) is 19.1 Å². The lowest BCUT2D eigenvalue weighted by Gasteiger charge is -2.34. The topological polar surface area (TPSA) is 35.6 Å². The van der Waals surface area contributed by atoms with E-state index in [9.17, 15) is 4.79 Å². The first-order valence-electron chi connectivity index (χ1n) is 6.70. The average Bonchev–Trinajstić information content (AvgIpc) is 2.22. The molecule has 0 saturated carbocycles. The Morgan fingerprint density at radius 1 is 1.47 bits per heavy atom. The molecule has 1 N–H and O–H groups in total. The molecule has 1 unspecified atom stereocenters. The maximum absolute atomic E-state index is 12.2. The van der Waals surface area contributed by atoms with Crippen LogP contribution in [0.2, 0.25) is 0 Å². The highest BCUT2D eigenvalue weighted by atomic mass is 16.2. The van der Waals surface area contributed by atoms with E-state index >= 15 is 0 Å². The number of likely N-dealkylation sites (tertiary alicyclic amines) is 1. The van der Waals surface area contributed by atoms with Crippen LogP contribution in [0.1, 0.15) is 33.1 Å². The minimum Gasteiger partial charge on any atom is -0.341 e. The molecule has 1 amide bonds. The van der Waals surface area contributed by atoms with Crippen LogP contribution in [0.25, 0.3) is 0 Å². The molecule has 0 spiro atoms. The Hall–Kier alpha value is -0.610. The Labute approximate surface area is 105 Å². The van der Waals surface area contributed by atoms with Crippen molar-refractivity contribution in [2.45, 2.75) is 45.2 Å². The predicted molar refractivity (Wildman–Crippen MR) is 71.0 cm³/mol. The summed E-state index contributed by atoms with van der Waals surface area (Å²) in [6.07, 6.45) is 3.17. The van der Waals surface area contributed by atoms with Gasteiger partial charge in [0.2, 0.25) is 5.91 Å². The zero-order chi connectivity index (χ0) is 12.8. The van der Waals surface area contributed by atoms with Gasteiger partial charge in [-0.05, 0) is 39.9 Å². The summed E-state index contributed by atoms with van der Waals surface area (Å²) < 4.78 is 0. The zero-order valence-electron chi connectivity index (χ0n) is 11.7. The molecule has 1 heterocycles. The lowest BCUT2D eigenvalue weighted by Crippen LogP contribution is -2.52. The number of nitrogens with zero attached hydrogens (tertiary/aromatic N) is 2.